The molecule has 33 heavy (non-hydrogen) atoms. The van der Waals surface area contributed by atoms with E-state index in [1.54, 1.807) is 6.07 Å². The lowest BCUT2D eigenvalue weighted by atomic mass is 10.0. The molecule has 2 N–H and O–H groups in total. The van der Waals surface area contributed by atoms with Gasteiger partial charge in [-0.1, -0.05) is 17.7 Å². The molecule has 0 saturated carbocycles. The Morgan fingerprint density at radius 3 is 2.55 bits per heavy atom. The topological polar surface area (TPSA) is 91.2 Å². The maximum Gasteiger partial charge on any atom is 0.356 e. The van der Waals surface area contributed by atoms with Gasteiger partial charge in [0.25, 0.3) is 5.92 Å². The number of benzene rings is 1. The van der Waals surface area contributed by atoms with Crippen LogP contribution >= 0.6 is 11.6 Å². The number of hydrogen-bond acceptors (Lipinski definition) is 6. The number of alkyl halides is 2. The number of pyridine rings is 1. The SMILES string of the molecule is Cc1cc([C@@H](C)Nc2ccc(Cl)nc2C(=O)O)c2nc(N3CCC(F)(F)CC3)c(C)nc2c1. The molecule has 3 aromatic rings. The fourth-order valence-electron chi connectivity index (χ4n) is 4.11. The second-order valence-corrected chi connectivity index (χ2v) is 8.79. The summed E-state index contributed by atoms with van der Waals surface area (Å²) in [6.45, 7) is 6.08. The van der Waals surface area contributed by atoms with Crippen molar-refractivity contribution in [3.05, 3.63) is 51.9 Å². The molecular formula is C23H24ClF2N5O2. The first-order valence-electron chi connectivity index (χ1n) is 10.6. The molecule has 3 heterocycles. The van der Waals surface area contributed by atoms with E-state index in [2.05, 4.69) is 10.3 Å². The Morgan fingerprint density at radius 2 is 1.88 bits per heavy atom. The summed E-state index contributed by atoms with van der Waals surface area (Å²) in [5.74, 6) is -3.25. The summed E-state index contributed by atoms with van der Waals surface area (Å²) < 4.78 is 27.3. The molecule has 174 valence electrons. The molecular weight excluding hydrogens is 452 g/mol. The van der Waals surface area contributed by atoms with E-state index in [1.807, 2.05) is 37.8 Å². The Bertz CT molecular complexity index is 1230. The molecule has 7 nitrogen and oxygen atoms in total. The number of fused-ring (bicyclic) bond motifs is 1. The zero-order valence-electron chi connectivity index (χ0n) is 18.5. The van der Waals surface area contributed by atoms with Crippen molar-refractivity contribution in [2.45, 2.75) is 45.6 Å². The Kier molecular flexibility index (Phi) is 6.09. The van der Waals surface area contributed by atoms with Crippen LogP contribution in [0, 0.1) is 13.8 Å². The minimum atomic E-state index is -2.65. The Hall–Kier alpha value is -3.07. The molecule has 0 aliphatic carbocycles. The molecule has 1 aliphatic heterocycles. The number of nitrogens with one attached hydrogen (secondary N) is 1. The van der Waals surface area contributed by atoms with Crippen molar-refractivity contribution < 1.29 is 18.7 Å². The van der Waals surface area contributed by atoms with Gasteiger partial charge in [0.1, 0.15) is 5.15 Å². The van der Waals surface area contributed by atoms with E-state index < -0.39 is 11.9 Å². The highest BCUT2D eigenvalue weighted by molar-refractivity contribution is 6.29. The summed E-state index contributed by atoms with van der Waals surface area (Å²) in [5, 5.41) is 12.8. The van der Waals surface area contributed by atoms with E-state index in [1.165, 1.54) is 6.07 Å². The summed E-state index contributed by atoms with van der Waals surface area (Å²) in [4.78, 5) is 26.9. The number of hydrogen-bond donors (Lipinski definition) is 2. The van der Waals surface area contributed by atoms with Crippen LogP contribution < -0.4 is 10.2 Å². The first kappa shape index (κ1) is 23.1. The molecule has 0 spiro atoms. The number of carboxylic acids is 1. The molecule has 1 atom stereocenters. The van der Waals surface area contributed by atoms with Crippen LogP contribution in [0.2, 0.25) is 5.15 Å². The number of carbonyl (C=O) groups is 1. The molecule has 1 saturated heterocycles. The number of anilines is 2. The number of aromatic carboxylic acids is 1. The van der Waals surface area contributed by atoms with Gasteiger partial charge in [-0.2, -0.15) is 0 Å². The van der Waals surface area contributed by atoms with E-state index in [0.717, 1.165) is 11.1 Å². The monoisotopic (exact) mass is 475 g/mol. The molecule has 1 fully saturated rings. The fraction of sp³-hybridized carbons (Fsp3) is 0.391. The summed E-state index contributed by atoms with van der Waals surface area (Å²) in [7, 11) is 0. The largest absolute Gasteiger partial charge is 0.476 e. The van der Waals surface area contributed by atoms with Crippen LogP contribution in [-0.4, -0.2) is 45.0 Å². The van der Waals surface area contributed by atoms with E-state index in [9.17, 15) is 18.7 Å². The molecule has 10 heteroatoms. The summed E-state index contributed by atoms with van der Waals surface area (Å²) in [6.07, 6.45) is -0.432. The maximum atomic E-state index is 13.7. The lowest BCUT2D eigenvalue weighted by Gasteiger charge is -2.33. The average molecular weight is 476 g/mol. The number of carboxylic acid groups (broad SMARTS) is 1. The van der Waals surface area contributed by atoms with Crippen molar-refractivity contribution >= 4 is 40.1 Å². The summed E-state index contributed by atoms with van der Waals surface area (Å²) in [6, 6.07) is 6.63. The minimum Gasteiger partial charge on any atom is -0.476 e. The van der Waals surface area contributed by atoms with Crippen LogP contribution in [0.3, 0.4) is 0 Å². The van der Waals surface area contributed by atoms with Gasteiger partial charge in [-0.25, -0.2) is 28.5 Å². The molecule has 0 amide bonds. The predicted molar refractivity (Wildman–Crippen MR) is 124 cm³/mol. The highest BCUT2D eigenvalue weighted by Crippen LogP contribution is 2.33. The lowest BCUT2D eigenvalue weighted by Crippen LogP contribution is -2.40. The van der Waals surface area contributed by atoms with Crippen LogP contribution in [0.1, 0.15) is 53.1 Å². The van der Waals surface area contributed by atoms with Crippen molar-refractivity contribution in [3.8, 4) is 0 Å². The predicted octanol–water partition coefficient (Wildman–Crippen LogP) is 5.40. The zero-order chi connectivity index (χ0) is 23.9. The molecule has 1 aromatic carbocycles. The van der Waals surface area contributed by atoms with Gasteiger partial charge in [-0.3, -0.25) is 0 Å². The Balaban J connectivity index is 1.74. The zero-order valence-corrected chi connectivity index (χ0v) is 19.2. The second kappa shape index (κ2) is 8.70. The standard InChI is InChI=1S/C23H24ClF2N5O2/c1-12-10-15(13(2)27-16-4-5-18(24)29-20(16)22(32)33)19-17(11-12)28-14(3)21(30-19)31-8-6-23(25,26)7-9-31/h4-5,10-11,13,27H,6-9H2,1-3H3,(H,32,33)/t13-/m1/s1. The van der Waals surface area contributed by atoms with Gasteiger partial charge in [0, 0.05) is 31.5 Å². The number of aryl methyl sites for hydroxylation is 2. The fourth-order valence-corrected chi connectivity index (χ4v) is 4.26. The normalized spacial score (nSPS) is 16.6. The Labute approximate surface area is 194 Å². The van der Waals surface area contributed by atoms with Gasteiger partial charge in [0.15, 0.2) is 11.5 Å². The number of piperidine rings is 1. The number of halogens is 3. The van der Waals surface area contributed by atoms with Gasteiger partial charge >= 0.3 is 5.97 Å². The van der Waals surface area contributed by atoms with Gasteiger partial charge in [0.05, 0.1) is 28.5 Å². The molecule has 4 rings (SSSR count). The highest BCUT2D eigenvalue weighted by atomic mass is 35.5. The third-order valence-corrected chi connectivity index (χ3v) is 6.00. The number of rotatable bonds is 5. The lowest BCUT2D eigenvalue weighted by molar-refractivity contribution is -0.0221. The maximum absolute atomic E-state index is 13.7. The Morgan fingerprint density at radius 1 is 1.18 bits per heavy atom. The highest BCUT2D eigenvalue weighted by Gasteiger charge is 2.35. The average Bonchev–Trinajstić information content (AvgIpc) is 2.74. The van der Waals surface area contributed by atoms with Crippen LogP contribution in [0.25, 0.3) is 11.0 Å². The first-order chi connectivity index (χ1) is 15.5. The summed E-state index contributed by atoms with van der Waals surface area (Å²) in [5.41, 5.74) is 3.94. The van der Waals surface area contributed by atoms with Crippen molar-refractivity contribution in [2.24, 2.45) is 0 Å². The first-order valence-corrected chi connectivity index (χ1v) is 11.0. The van der Waals surface area contributed by atoms with Crippen molar-refractivity contribution in [1.29, 1.82) is 0 Å². The molecule has 1 aliphatic rings. The summed E-state index contributed by atoms with van der Waals surface area (Å²) >= 11 is 5.86. The van der Waals surface area contributed by atoms with Crippen molar-refractivity contribution in [3.63, 3.8) is 0 Å². The molecule has 0 unspecified atom stereocenters. The van der Waals surface area contributed by atoms with Crippen LogP contribution in [0.15, 0.2) is 24.3 Å². The smallest absolute Gasteiger partial charge is 0.356 e. The molecule has 0 radical (unpaired) electrons. The van der Waals surface area contributed by atoms with Gasteiger partial charge in [-0.15, -0.1) is 0 Å². The van der Waals surface area contributed by atoms with Gasteiger partial charge in [-0.05, 0) is 44.5 Å². The molecule has 2 aromatic heterocycles. The van der Waals surface area contributed by atoms with Crippen LogP contribution in [0.4, 0.5) is 20.3 Å². The van der Waals surface area contributed by atoms with Gasteiger partial charge in [0.2, 0.25) is 0 Å². The second-order valence-electron chi connectivity index (χ2n) is 8.40. The van der Waals surface area contributed by atoms with E-state index >= 15 is 0 Å². The third kappa shape index (κ3) is 4.83. The van der Waals surface area contributed by atoms with Crippen molar-refractivity contribution in [2.75, 3.05) is 23.3 Å². The quantitative estimate of drug-likeness (QED) is 0.477. The van der Waals surface area contributed by atoms with Crippen LogP contribution in [-0.2, 0) is 0 Å². The third-order valence-electron chi connectivity index (χ3n) is 5.79. The van der Waals surface area contributed by atoms with Crippen LogP contribution in [0.5, 0.6) is 0 Å². The number of aromatic nitrogens is 3. The van der Waals surface area contributed by atoms with Gasteiger partial charge < -0.3 is 15.3 Å². The van der Waals surface area contributed by atoms with Crippen molar-refractivity contribution in [1.82, 2.24) is 15.0 Å². The van der Waals surface area contributed by atoms with E-state index in [0.29, 0.717) is 28.2 Å². The molecule has 0 bridgehead atoms. The number of nitrogens with zero attached hydrogens (tertiary/aromatic N) is 4. The van der Waals surface area contributed by atoms with E-state index in [4.69, 9.17) is 21.6 Å². The minimum absolute atomic E-state index is 0.0877. The van der Waals surface area contributed by atoms with E-state index in [-0.39, 0.29) is 42.8 Å².